The Bertz CT molecular complexity index is 598. The fourth-order valence-electron chi connectivity index (χ4n) is 2.06. The monoisotopic (exact) mass is 409 g/mol. The van der Waals surface area contributed by atoms with Gasteiger partial charge in [0.25, 0.3) is 11.8 Å². The second kappa shape index (κ2) is 7.45. The van der Waals surface area contributed by atoms with Crippen LogP contribution in [0.1, 0.15) is 27.2 Å². The van der Waals surface area contributed by atoms with Crippen LogP contribution in [0.3, 0.4) is 0 Å². The van der Waals surface area contributed by atoms with Crippen LogP contribution in [-0.4, -0.2) is 52.4 Å². The van der Waals surface area contributed by atoms with Gasteiger partial charge in [0.15, 0.2) is 0 Å². The third-order valence-electron chi connectivity index (χ3n) is 2.96. The molecule has 0 aromatic carbocycles. The van der Waals surface area contributed by atoms with Gasteiger partial charge in [-0.3, -0.25) is 0 Å². The maximum atomic E-state index is 12.4. The van der Waals surface area contributed by atoms with E-state index in [1.54, 1.807) is 20.8 Å². The van der Waals surface area contributed by atoms with E-state index in [9.17, 15) is 13.6 Å². The number of aromatic nitrogens is 2. The predicted octanol–water partition coefficient (Wildman–Crippen LogP) is 3.23. The van der Waals surface area contributed by atoms with Crippen molar-refractivity contribution < 1.29 is 27.8 Å². The summed E-state index contributed by atoms with van der Waals surface area (Å²) in [5.74, 6) is -0.551. The zero-order valence-corrected chi connectivity index (χ0v) is 15.0. The molecule has 0 spiro atoms. The lowest BCUT2D eigenvalue weighted by Crippen LogP contribution is -2.36. The van der Waals surface area contributed by atoms with Crippen LogP contribution in [0.2, 0.25) is 0 Å². The SMILES string of the molecule is CC(C)(C)OC(=O)N1CCC(Oc2ncc(Br)nc2OC(F)F)C1. The van der Waals surface area contributed by atoms with Gasteiger partial charge >= 0.3 is 12.7 Å². The van der Waals surface area contributed by atoms with E-state index in [0.29, 0.717) is 13.0 Å². The summed E-state index contributed by atoms with van der Waals surface area (Å²) in [5.41, 5.74) is -0.592. The second-order valence-electron chi connectivity index (χ2n) is 6.14. The Morgan fingerprint density at radius 1 is 1.42 bits per heavy atom. The molecule has 2 heterocycles. The minimum absolute atomic E-state index is 0.144. The molecular weight excluding hydrogens is 392 g/mol. The Morgan fingerprint density at radius 2 is 2.12 bits per heavy atom. The van der Waals surface area contributed by atoms with E-state index in [2.05, 4.69) is 30.6 Å². The number of amides is 1. The summed E-state index contributed by atoms with van der Waals surface area (Å²) in [7, 11) is 0. The zero-order chi connectivity index (χ0) is 17.9. The molecule has 7 nitrogen and oxygen atoms in total. The van der Waals surface area contributed by atoms with Gasteiger partial charge in [-0.25, -0.2) is 9.78 Å². The van der Waals surface area contributed by atoms with Crippen LogP contribution >= 0.6 is 15.9 Å². The first-order valence-corrected chi connectivity index (χ1v) is 8.05. The minimum atomic E-state index is -3.04. The number of alkyl halides is 2. The van der Waals surface area contributed by atoms with Gasteiger partial charge in [-0.2, -0.15) is 13.8 Å². The lowest BCUT2D eigenvalue weighted by molar-refractivity contribution is -0.0557. The maximum absolute atomic E-state index is 12.4. The highest BCUT2D eigenvalue weighted by Crippen LogP contribution is 2.28. The van der Waals surface area contributed by atoms with Crippen LogP contribution < -0.4 is 9.47 Å². The molecule has 2 rings (SSSR count). The van der Waals surface area contributed by atoms with Crippen molar-refractivity contribution in [2.24, 2.45) is 0 Å². The molecule has 1 aliphatic heterocycles. The summed E-state index contributed by atoms with van der Waals surface area (Å²) in [5, 5.41) is 0. The topological polar surface area (TPSA) is 73.8 Å². The van der Waals surface area contributed by atoms with Crippen LogP contribution in [0.15, 0.2) is 10.8 Å². The van der Waals surface area contributed by atoms with Crippen LogP contribution in [-0.2, 0) is 4.74 Å². The van der Waals surface area contributed by atoms with Crippen LogP contribution in [0.4, 0.5) is 13.6 Å². The summed E-state index contributed by atoms with van der Waals surface area (Å²) >= 11 is 3.03. The van der Waals surface area contributed by atoms with Crippen LogP contribution in [0, 0.1) is 0 Å². The van der Waals surface area contributed by atoms with Gasteiger partial charge in [0.2, 0.25) is 0 Å². The molecule has 24 heavy (non-hydrogen) atoms. The first kappa shape index (κ1) is 18.6. The van der Waals surface area contributed by atoms with Gasteiger partial charge in [0.05, 0.1) is 12.7 Å². The molecule has 1 aliphatic rings. The van der Waals surface area contributed by atoms with Crippen molar-refractivity contribution in [2.45, 2.75) is 45.5 Å². The van der Waals surface area contributed by atoms with Gasteiger partial charge in [0, 0.05) is 13.0 Å². The summed E-state index contributed by atoms with van der Waals surface area (Å²) in [6, 6.07) is 0. The molecule has 0 bridgehead atoms. The fraction of sp³-hybridized carbons (Fsp3) is 0.643. The van der Waals surface area contributed by atoms with Crippen molar-refractivity contribution in [3.8, 4) is 11.8 Å². The molecule has 1 aromatic heterocycles. The summed E-state index contributed by atoms with van der Waals surface area (Å²) in [4.78, 5) is 21.2. The molecule has 10 heteroatoms. The molecule has 0 aliphatic carbocycles. The van der Waals surface area contributed by atoms with E-state index in [0.717, 1.165) is 0 Å². The quantitative estimate of drug-likeness (QED) is 0.759. The first-order valence-electron chi connectivity index (χ1n) is 7.26. The van der Waals surface area contributed by atoms with E-state index < -0.39 is 30.3 Å². The Balaban J connectivity index is 1.99. The zero-order valence-electron chi connectivity index (χ0n) is 13.5. The van der Waals surface area contributed by atoms with E-state index in [1.807, 2.05) is 0 Å². The third kappa shape index (κ3) is 5.43. The highest BCUT2D eigenvalue weighted by Gasteiger charge is 2.32. The normalized spacial score (nSPS) is 18.0. The van der Waals surface area contributed by atoms with Crippen molar-refractivity contribution in [1.82, 2.24) is 14.9 Å². The van der Waals surface area contributed by atoms with Crippen molar-refractivity contribution >= 4 is 22.0 Å². The lowest BCUT2D eigenvalue weighted by atomic mass is 10.2. The number of likely N-dealkylation sites (tertiary alicyclic amines) is 1. The average Bonchev–Trinajstić information content (AvgIpc) is 2.88. The average molecular weight is 410 g/mol. The number of nitrogens with zero attached hydrogens (tertiary/aromatic N) is 3. The number of halogens is 3. The molecule has 1 aromatic rings. The van der Waals surface area contributed by atoms with E-state index >= 15 is 0 Å². The maximum Gasteiger partial charge on any atom is 0.410 e. The predicted molar refractivity (Wildman–Crippen MR) is 83.2 cm³/mol. The second-order valence-corrected chi connectivity index (χ2v) is 6.95. The number of ether oxygens (including phenoxy) is 3. The summed E-state index contributed by atoms with van der Waals surface area (Å²) < 4.78 is 40.3. The molecule has 134 valence electrons. The molecule has 1 amide bonds. The third-order valence-corrected chi connectivity index (χ3v) is 3.34. The minimum Gasteiger partial charge on any atom is -0.469 e. The van der Waals surface area contributed by atoms with Gasteiger partial charge in [-0.1, -0.05) is 0 Å². The van der Waals surface area contributed by atoms with Crippen molar-refractivity contribution in [1.29, 1.82) is 0 Å². The number of rotatable bonds is 4. The number of hydrogen-bond acceptors (Lipinski definition) is 6. The molecule has 1 fully saturated rings. The standard InChI is InChI=1S/C14H18BrF2N3O4/c1-14(2,3)24-13(21)20-5-4-8(7-20)22-10-11(23-12(16)17)19-9(15)6-18-10/h6,8,12H,4-5,7H2,1-3H3. The fourth-order valence-corrected chi connectivity index (χ4v) is 2.32. The smallest absolute Gasteiger partial charge is 0.410 e. The molecule has 0 saturated carbocycles. The molecule has 0 radical (unpaired) electrons. The summed E-state index contributed by atoms with van der Waals surface area (Å²) in [6.07, 6.45) is 0.979. The first-order chi connectivity index (χ1) is 11.1. The number of carbonyl (C=O) groups is 1. The Kier molecular flexibility index (Phi) is 5.79. The van der Waals surface area contributed by atoms with Crippen molar-refractivity contribution in [2.75, 3.05) is 13.1 Å². The molecule has 1 unspecified atom stereocenters. The number of carbonyl (C=O) groups excluding carboxylic acids is 1. The Hall–Kier alpha value is -1.71. The Morgan fingerprint density at radius 3 is 2.75 bits per heavy atom. The number of hydrogen-bond donors (Lipinski definition) is 0. The largest absolute Gasteiger partial charge is 0.469 e. The highest BCUT2D eigenvalue weighted by molar-refractivity contribution is 9.10. The van der Waals surface area contributed by atoms with Gasteiger partial charge in [-0.05, 0) is 36.7 Å². The lowest BCUT2D eigenvalue weighted by Gasteiger charge is -2.24. The highest BCUT2D eigenvalue weighted by atomic mass is 79.9. The molecular formula is C14H18BrF2N3O4. The van der Waals surface area contributed by atoms with Crippen LogP contribution in [0.25, 0.3) is 0 Å². The molecule has 0 N–H and O–H groups in total. The molecule has 1 saturated heterocycles. The summed E-state index contributed by atoms with van der Waals surface area (Å²) in [6.45, 7) is 2.99. The molecule has 1 atom stereocenters. The van der Waals surface area contributed by atoms with Crippen molar-refractivity contribution in [3.63, 3.8) is 0 Å². The van der Waals surface area contributed by atoms with E-state index in [4.69, 9.17) is 9.47 Å². The van der Waals surface area contributed by atoms with E-state index in [1.165, 1.54) is 11.1 Å². The van der Waals surface area contributed by atoms with E-state index in [-0.39, 0.29) is 17.0 Å². The van der Waals surface area contributed by atoms with Gasteiger partial charge < -0.3 is 19.1 Å². The van der Waals surface area contributed by atoms with Gasteiger partial charge in [-0.15, -0.1) is 0 Å². The Labute approximate surface area is 146 Å². The van der Waals surface area contributed by atoms with Gasteiger partial charge in [0.1, 0.15) is 16.3 Å². The van der Waals surface area contributed by atoms with Crippen molar-refractivity contribution in [3.05, 3.63) is 10.8 Å². The van der Waals surface area contributed by atoms with Crippen LogP contribution in [0.5, 0.6) is 11.8 Å².